The van der Waals surface area contributed by atoms with Gasteiger partial charge < -0.3 is 0 Å². The molecular formula is C17H20NO6S2+. The van der Waals surface area contributed by atoms with Crippen LogP contribution in [0.5, 0.6) is 0 Å². The van der Waals surface area contributed by atoms with E-state index in [1.54, 1.807) is 0 Å². The Morgan fingerprint density at radius 1 is 1.00 bits per heavy atom. The Morgan fingerprint density at radius 3 is 2.12 bits per heavy atom. The van der Waals surface area contributed by atoms with Crippen LogP contribution in [0.25, 0.3) is 10.8 Å². The molecular weight excluding hydrogens is 378 g/mol. The molecule has 1 aliphatic heterocycles. The van der Waals surface area contributed by atoms with Crippen LogP contribution >= 0.6 is 0 Å². The van der Waals surface area contributed by atoms with Crippen molar-refractivity contribution in [1.82, 2.24) is 0 Å². The SMILES string of the molecule is CC[N+]1=C(C)C(C)(C)c2c1cc(S(=O)(=O)O)c1ccc(S(=O)(=O)O)cc21. The summed E-state index contributed by atoms with van der Waals surface area (Å²) in [5.41, 5.74) is 1.84. The van der Waals surface area contributed by atoms with Gasteiger partial charge in [0, 0.05) is 23.9 Å². The molecule has 2 N–H and O–H groups in total. The number of rotatable bonds is 3. The van der Waals surface area contributed by atoms with Gasteiger partial charge >= 0.3 is 0 Å². The van der Waals surface area contributed by atoms with Crippen LogP contribution < -0.4 is 0 Å². The van der Waals surface area contributed by atoms with Crippen LogP contribution in [-0.4, -0.2) is 42.8 Å². The summed E-state index contributed by atoms with van der Waals surface area (Å²) in [5.74, 6) is 0. The highest BCUT2D eigenvalue weighted by Crippen LogP contribution is 2.46. The summed E-state index contributed by atoms with van der Waals surface area (Å²) in [6.45, 7) is 8.35. The Morgan fingerprint density at radius 2 is 1.62 bits per heavy atom. The molecule has 0 fully saturated rings. The fourth-order valence-electron chi connectivity index (χ4n) is 3.71. The Hall–Kier alpha value is -1.81. The van der Waals surface area contributed by atoms with E-state index in [1.807, 2.05) is 32.3 Å². The van der Waals surface area contributed by atoms with E-state index in [1.165, 1.54) is 18.2 Å². The molecule has 0 spiro atoms. The average Bonchev–Trinajstić information content (AvgIpc) is 2.70. The van der Waals surface area contributed by atoms with Crippen molar-refractivity contribution in [3.05, 3.63) is 29.8 Å². The summed E-state index contributed by atoms with van der Waals surface area (Å²) in [6, 6.07) is 5.09. The van der Waals surface area contributed by atoms with Gasteiger partial charge in [0.25, 0.3) is 20.2 Å². The zero-order chi connectivity index (χ0) is 19.7. The molecule has 1 aliphatic rings. The van der Waals surface area contributed by atoms with Crippen molar-refractivity contribution in [1.29, 1.82) is 0 Å². The van der Waals surface area contributed by atoms with Crippen molar-refractivity contribution < 1.29 is 30.5 Å². The van der Waals surface area contributed by atoms with Gasteiger partial charge in [0.05, 0.1) is 10.3 Å². The van der Waals surface area contributed by atoms with E-state index in [2.05, 4.69) is 0 Å². The first-order chi connectivity index (χ1) is 11.8. The van der Waals surface area contributed by atoms with Crippen molar-refractivity contribution in [2.24, 2.45) is 0 Å². The molecule has 9 heteroatoms. The maximum Gasteiger partial charge on any atom is 0.295 e. The average molecular weight is 398 g/mol. The first kappa shape index (κ1) is 19.0. The Kier molecular flexibility index (Phi) is 4.08. The van der Waals surface area contributed by atoms with Crippen molar-refractivity contribution in [2.75, 3.05) is 6.54 Å². The van der Waals surface area contributed by atoms with E-state index in [9.17, 15) is 25.9 Å². The van der Waals surface area contributed by atoms with Gasteiger partial charge in [-0.2, -0.15) is 21.4 Å². The van der Waals surface area contributed by atoms with Gasteiger partial charge in [-0.3, -0.25) is 9.11 Å². The molecule has 0 amide bonds. The zero-order valence-electron chi connectivity index (χ0n) is 14.8. The van der Waals surface area contributed by atoms with Crippen LogP contribution in [0.15, 0.2) is 34.1 Å². The van der Waals surface area contributed by atoms with E-state index in [0.29, 0.717) is 17.6 Å². The number of benzene rings is 2. The third kappa shape index (κ3) is 2.66. The zero-order valence-corrected chi connectivity index (χ0v) is 16.4. The third-order valence-electron chi connectivity index (χ3n) is 5.17. The predicted octanol–water partition coefficient (Wildman–Crippen LogP) is 2.75. The Balaban J connectivity index is 2.60. The second kappa shape index (κ2) is 5.59. The van der Waals surface area contributed by atoms with Crippen LogP contribution in [0, 0.1) is 0 Å². The second-order valence-electron chi connectivity index (χ2n) is 6.88. The van der Waals surface area contributed by atoms with E-state index in [-0.39, 0.29) is 15.2 Å². The lowest BCUT2D eigenvalue weighted by atomic mass is 9.80. The third-order valence-corrected chi connectivity index (χ3v) is 6.91. The van der Waals surface area contributed by atoms with Crippen LogP contribution in [0.1, 0.15) is 33.3 Å². The number of hydrogen-bond acceptors (Lipinski definition) is 4. The van der Waals surface area contributed by atoms with E-state index >= 15 is 0 Å². The van der Waals surface area contributed by atoms with Crippen molar-refractivity contribution in [3.63, 3.8) is 0 Å². The molecule has 0 bridgehead atoms. The molecule has 26 heavy (non-hydrogen) atoms. The molecule has 0 aliphatic carbocycles. The van der Waals surface area contributed by atoms with Crippen molar-refractivity contribution >= 4 is 42.4 Å². The van der Waals surface area contributed by atoms with Crippen molar-refractivity contribution in [3.8, 4) is 0 Å². The molecule has 2 aromatic carbocycles. The minimum Gasteiger partial charge on any atom is -0.282 e. The first-order valence-electron chi connectivity index (χ1n) is 7.98. The van der Waals surface area contributed by atoms with Gasteiger partial charge in [-0.05, 0) is 38.3 Å². The molecule has 140 valence electrons. The lowest BCUT2D eigenvalue weighted by molar-refractivity contribution is -0.434. The van der Waals surface area contributed by atoms with Gasteiger partial charge in [0.1, 0.15) is 11.4 Å². The maximum absolute atomic E-state index is 11.9. The van der Waals surface area contributed by atoms with Gasteiger partial charge in [0.2, 0.25) is 5.69 Å². The number of nitrogens with zero attached hydrogens (tertiary/aromatic N) is 1. The first-order valence-corrected chi connectivity index (χ1v) is 10.9. The fraction of sp³-hybridized carbons (Fsp3) is 0.353. The van der Waals surface area contributed by atoms with Gasteiger partial charge in [-0.15, -0.1) is 0 Å². The van der Waals surface area contributed by atoms with Gasteiger partial charge in [-0.25, -0.2) is 0 Å². The van der Waals surface area contributed by atoms with Gasteiger partial charge in [0.15, 0.2) is 5.71 Å². The summed E-state index contributed by atoms with van der Waals surface area (Å²) in [7, 11) is -9.00. The summed E-state index contributed by atoms with van der Waals surface area (Å²) < 4.78 is 68.0. The lowest BCUT2D eigenvalue weighted by Gasteiger charge is -2.18. The molecule has 2 aromatic rings. The molecule has 1 heterocycles. The Labute approximate surface area is 152 Å². The minimum atomic E-state index is -4.53. The summed E-state index contributed by atoms with van der Waals surface area (Å²) >= 11 is 0. The highest BCUT2D eigenvalue weighted by molar-refractivity contribution is 7.86. The van der Waals surface area contributed by atoms with Crippen LogP contribution in [0.4, 0.5) is 5.69 Å². The van der Waals surface area contributed by atoms with E-state index in [4.69, 9.17) is 0 Å². The normalized spacial score (nSPS) is 17.0. The predicted molar refractivity (Wildman–Crippen MR) is 97.7 cm³/mol. The van der Waals surface area contributed by atoms with Crippen LogP contribution in [0.2, 0.25) is 0 Å². The van der Waals surface area contributed by atoms with E-state index in [0.717, 1.165) is 17.3 Å². The molecule has 0 radical (unpaired) electrons. The monoisotopic (exact) mass is 398 g/mol. The standard InChI is InChI=1S/C17H19NO6S2/c1-5-18-10(2)17(3,4)16-13-8-11(25(19,20)21)6-7-12(13)15(9-14(16)18)26(22,23)24/h6-9H,5H2,1-4H3,(H-,19,20,21,22,23,24)/p+1. The molecule has 7 nitrogen and oxygen atoms in total. The Bertz CT molecular complexity index is 1190. The quantitative estimate of drug-likeness (QED) is 0.607. The maximum atomic E-state index is 11.9. The fourth-order valence-corrected chi connectivity index (χ4v) is 4.93. The second-order valence-corrected chi connectivity index (χ2v) is 9.69. The van der Waals surface area contributed by atoms with Gasteiger partial charge in [-0.1, -0.05) is 6.07 Å². The van der Waals surface area contributed by atoms with Crippen LogP contribution in [0.3, 0.4) is 0 Å². The summed E-state index contributed by atoms with van der Waals surface area (Å²) in [5, 5.41) is 0.572. The van der Waals surface area contributed by atoms with Crippen molar-refractivity contribution in [2.45, 2.75) is 42.9 Å². The summed E-state index contributed by atoms with van der Waals surface area (Å²) in [6.07, 6.45) is 0. The number of hydrogen-bond donors (Lipinski definition) is 2. The molecule has 3 rings (SSSR count). The molecule has 0 unspecified atom stereocenters. The smallest absolute Gasteiger partial charge is 0.282 e. The highest BCUT2D eigenvalue weighted by atomic mass is 32.2. The number of fused-ring (bicyclic) bond motifs is 3. The summed E-state index contributed by atoms with van der Waals surface area (Å²) in [4.78, 5) is -0.625. The molecule has 0 saturated heterocycles. The highest BCUT2D eigenvalue weighted by Gasteiger charge is 2.45. The molecule has 0 saturated carbocycles. The minimum absolute atomic E-state index is 0.206. The molecule has 0 atom stereocenters. The largest absolute Gasteiger partial charge is 0.295 e. The molecule has 0 aromatic heterocycles. The van der Waals surface area contributed by atoms with Crippen LogP contribution in [-0.2, 0) is 25.7 Å². The van der Waals surface area contributed by atoms with E-state index < -0.39 is 25.7 Å². The lowest BCUT2D eigenvalue weighted by Crippen LogP contribution is -2.26. The topological polar surface area (TPSA) is 112 Å².